The molecule has 7 heteroatoms. The fourth-order valence-corrected chi connectivity index (χ4v) is 3.25. The Bertz CT molecular complexity index is 582. The number of amides is 1. The van der Waals surface area contributed by atoms with E-state index in [1.165, 1.54) is 12.1 Å². The van der Waals surface area contributed by atoms with Crippen molar-refractivity contribution in [2.75, 3.05) is 32.8 Å². The van der Waals surface area contributed by atoms with Crippen molar-refractivity contribution in [1.82, 2.24) is 15.1 Å². The van der Waals surface area contributed by atoms with Crippen LogP contribution >= 0.6 is 12.2 Å². The van der Waals surface area contributed by atoms with Crippen molar-refractivity contribution in [3.63, 3.8) is 0 Å². The number of nitrogens with one attached hydrogen (secondary N) is 1. The minimum atomic E-state index is -0.250. The zero-order chi connectivity index (χ0) is 16.9. The largest absolute Gasteiger partial charge is 0.368 e. The third-order valence-electron chi connectivity index (χ3n) is 4.44. The third kappa shape index (κ3) is 4.21. The van der Waals surface area contributed by atoms with E-state index in [9.17, 15) is 9.18 Å². The van der Waals surface area contributed by atoms with E-state index in [0.717, 1.165) is 18.4 Å². The van der Waals surface area contributed by atoms with Crippen LogP contribution in [0.5, 0.6) is 0 Å². The second kappa shape index (κ2) is 7.90. The third-order valence-corrected chi connectivity index (χ3v) is 4.84. The maximum absolute atomic E-state index is 12.9. The molecule has 0 aromatic heterocycles. The quantitative estimate of drug-likeness (QED) is 0.837. The Morgan fingerprint density at radius 3 is 2.50 bits per heavy atom. The van der Waals surface area contributed by atoms with Crippen LogP contribution in [-0.2, 0) is 16.1 Å². The number of carbonyl (C=O) groups is 1. The molecule has 5 nitrogen and oxygen atoms in total. The summed E-state index contributed by atoms with van der Waals surface area (Å²) >= 11 is 5.42. The van der Waals surface area contributed by atoms with E-state index in [2.05, 4.69) is 10.2 Å². The van der Waals surface area contributed by atoms with Crippen LogP contribution in [0.4, 0.5) is 4.39 Å². The van der Waals surface area contributed by atoms with Gasteiger partial charge in [0.1, 0.15) is 11.9 Å². The predicted molar refractivity (Wildman–Crippen MR) is 93.0 cm³/mol. The molecule has 0 spiro atoms. The summed E-state index contributed by atoms with van der Waals surface area (Å²) in [6, 6.07) is 6.36. The van der Waals surface area contributed by atoms with Gasteiger partial charge in [0.15, 0.2) is 5.11 Å². The summed E-state index contributed by atoms with van der Waals surface area (Å²) in [5.41, 5.74) is 0.978. The molecule has 2 heterocycles. The van der Waals surface area contributed by atoms with Crippen molar-refractivity contribution < 1.29 is 13.9 Å². The number of halogens is 1. The molecule has 1 aromatic rings. The van der Waals surface area contributed by atoms with Gasteiger partial charge in [-0.3, -0.25) is 4.79 Å². The monoisotopic (exact) mass is 351 g/mol. The number of carbonyl (C=O) groups excluding carboxylic acids is 1. The van der Waals surface area contributed by atoms with Crippen LogP contribution in [0, 0.1) is 5.82 Å². The van der Waals surface area contributed by atoms with E-state index < -0.39 is 0 Å². The number of benzene rings is 1. The molecule has 2 aliphatic heterocycles. The van der Waals surface area contributed by atoms with Crippen LogP contribution in [-0.4, -0.2) is 59.7 Å². The van der Waals surface area contributed by atoms with Crippen LogP contribution in [0.2, 0.25) is 0 Å². The van der Waals surface area contributed by atoms with Gasteiger partial charge in [-0.15, -0.1) is 0 Å². The average Bonchev–Trinajstić information content (AvgIpc) is 3.15. The van der Waals surface area contributed by atoms with Gasteiger partial charge in [-0.1, -0.05) is 12.1 Å². The molecule has 24 heavy (non-hydrogen) atoms. The highest BCUT2D eigenvalue weighted by molar-refractivity contribution is 7.80. The lowest BCUT2D eigenvalue weighted by molar-refractivity contribution is -0.142. The zero-order valence-electron chi connectivity index (χ0n) is 13.5. The molecule has 0 radical (unpaired) electrons. The van der Waals surface area contributed by atoms with E-state index in [1.807, 2.05) is 4.90 Å². The summed E-state index contributed by atoms with van der Waals surface area (Å²) in [5.74, 6) is -0.134. The number of hydrogen-bond acceptors (Lipinski definition) is 3. The Kier molecular flexibility index (Phi) is 5.63. The lowest BCUT2D eigenvalue weighted by Gasteiger charge is -2.37. The Hall–Kier alpha value is -1.73. The van der Waals surface area contributed by atoms with E-state index in [0.29, 0.717) is 44.4 Å². The van der Waals surface area contributed by atoms with E-state index in [4.69, 9.17) is 17.0 Å². The van der Waals surface area contributed by atoms with Crippen LogP contribution < -0.4 is 5.32 Å². The fourth-order valence-electron chi connectivity index (χ4n) is 3.00. The molecular formula is C17H22FN3O2S. The topological polar surface area (TPSA) is 44.8 Å². The summed E-state index contributed by atoms with van der Waals surface area (Å²) in [6.07, 6.45) is 1.55. The van der Waals surface area contributed by atoms with E-state index in [-0.39, 0.29) is 17.8 Å². The Balaban J connectivity index is 1.43. The lowest BCUT2D eigenvalue weighted by Crippen LogP contribution is -2.54. The van der Waals surface area contributed by atoms with Gasteiger partial charge < -0.3 is 19.9 Å². The van der Waals surface area contributed by atoms with E-state index in [1.54, 1.807) is 12.1 Å². The molecular weight excluding hydrogens is 329 g/mol. The molecule has 1 unspecified atom stereocenters. The number of rotatable bonds is 3. The second-order valence-electron chi connectivity index (χ2n) is 6.10. The van der Waals surface area contributed by atoms with Crippen LogP contribution in [0.15, 0.2) is 24.3 Å². The highest BCUT2D eigenvalue weighted by Gasteiger charge is 2.30. The fraction of sp³-hybridized carbons (Fsp3) is 0.529. The maximum atomic E-state index is 12.9. The summed E-state index contributed by atoms with van der Waals surface area (Å²) in [4.78, 5) is 16.3. The number of ether oxygens (including phenoxy) is 1. The van der Waals surface area contributed by atoms with Crippen LogP contribution in [0.3, 0.4) is 0 Å². The van der Waals surface area contributed by atoms with Crippen LogP contribution in [0.1, 0.15) is 18.4 Å². The van der Waals surface area contributed by atoms with Gasteiger partial charge in [0.05, 0.1) is 0 Å². The molecule has 2 saturated heterocycles. The zero-order valence-corrected chi connectivity index (χ0v) is 14.4. The average molecular weight is 351 g/mol. The highest BCUT2D eigenvalue weighted by atomic mass is 32.1. The molecule has 1 N–H and O–H groups in total. The Morgan fingerprint density at radius 2 is 1.88 bits per heavy atom. The van der Waals surface area contributed by atoms with Crippen molar-refractivity contribution in [3.8, 4) is 0 Å². The normalized spacial score (nSPS) is 21.0. The molecule has 1 atom stereocenters. The first kappa shape index (κ1) is 17.1. The maximum Gasteiger partial charge on any atom is 0.251 e. The standard InChI is InChI=1S/C17H22FN3O2S/c18-14-5-3-13(4-6-14)12-19-17(24)21-9-7-20(8-10-21)16(22)15-2-1-11-23-15/h3-6,15H,1-2,7-12H2,(H,19,24). The van der Waals surface area contributed by atoms with Gasteiger partial charge in [-0.05, 0) is 42.8 Å². The first-order chi connectivity index (χ1) is 11.6. The molecule has 0 aliphatic carbocycles. The molecule has 1 amide bonds. The second-order valence-corrected chi connectivity index (χ2v) is 6.49. The summed E-state index contributed by atoms with van der Waals surface area (Å²) in [5, 5.41) is 3.86. The van der Waals surface area contributed by atoms with Gasteiger partial charge in [0, 0.05) is 39.3 Å². The van der Waals surface area contributed by atoms with Gasteiger partial charge in [-0.25, -0.2) is 4.39 Å². The predicted octanol–water partition coefficient (Wildman–Crippen LogP) is 1.52. The Morgan fingerprint density at radius 1 is 1.21 bits per heavy atom. The molecule has 2 aliphatic rings. The van der Waals surface area contributed by atoms with Crippen molar-refractivity contribution in [2.45, 2.75) is 25.5 Å². The molecule has 0 bridgehead atoms. The van der Waals surface area contributed by atoms with E-state index >= 15 is 0 Å². The van der Waals surface area contributed by atoms with Crippen molar-refractivity contribution >= 4 is 23.2 Å². The smallest absolute Gasteiger partial charge is 0.251 e. The van der Waals surface area contributed by atoms with Gasteiger partial charge >= 0.3 is 0 Å². The van der Waals surface area contributed by atoms with Crippen molar-refractivity contribution in [1.29, 1.82) is 0 Å². The number of piperazine rings is 1. The summed E-state index contributed by atoms with van der Waals surface area (Å²) < 4.78 is 18.4. The molecule has 3 rings (SSSR count). The van der Waals surface area contributed by atoms with Gasteiger partial charge in [0.2, 0.25) is 0 Å². The molecule has 2 fully saturated rings. The van der Waals surface area contributed by atoms with Crippen LogP contribution in [0.25, 0.3) is 0 Å². The number of thiocarbonyl (C=S) groups is 1. The van der Waals surface area contributed by atoms with Gasteiger partial charge in [0.25, 0.3) is 5.91 Å². The Labute approximate surface area is 146 Å². The first-order valence-corrected chi connectivity index (χ1v) is 8.72. The van der Waals surface area contributed by atoms with Crippen molar-refractivity contribution in [2.24, 2.45) is 0 Å². The lowest BCUT2D eigenvalue weighted by atomic mass is 10.2. The number of hydrogen-bond donors (Lipinski definition) is 1. The SMILES string of the molecule is O=C(C1CCCO1)N1CCN(C(=S)NCc2ccc(F)cc2)CC1. The summed E-state index contributed by atoms with van der Waals surface area (Å²) in [7, 11) is 0. The first-order valence-electron chi connectivity index (χ1n) is 8.31. The van der Waals surface area contributed by atoms with Gasteiger partial charge in [-0.2, -0.15) is 0 Å². The van der Waals surface area contributed by atoms with Crippen molar-refractivity contribution in [3.05, 3.63) is 35.6 Å². The molecule has 130 valence electrons. The molecule has 1 aromatic carbocycles. The minimum Gasteiger partial charge on any atom is -0.368 e. The minimum absolute atomic E-state index is 0.109. The number of nitrogens with zero attached hydrogens (tertiary/aromatic N) is 2. The highest BCUT2D eigenvalue weighted by Crippen LogP contribution is 2.16. The molecule has 0 saturated carbocycles. The summed E-state index contributed by atoms with van der Waals surface area (Å²) in [6.45, 7) is 4.01.